The summed E-state index contributed by atoms with van der Waals surface area (Å²) in [7, 11) is 4.66. The maximum absolute atomic E-state index is 12.7. The maximum atomic E-state index is 12.7. The Balaban J connectivity index is 1.75. The molecule has 0 radical (unpaired) electrons. The molecule has 0 fully saturated rings. The summed E-state index contributed by atoms with van der Waals surface area (Å²) >= 11 is 7.47. The van der Waals surface area contributed by atoms with Gasteiger partial charge in [-0.05, 0) is 30.7 Å². The number of nitrogens with zero attached hydrogens (tertiary/aromatic N) is 3. The predicted octanol–water partition coefficient (Wildman–Crippen LogP) is 5.16. The highest BCUT2D eigenvalue weighted by Gasteiger charge is 2.17. The van der Waals surface area contributed by atoms with Crippen molar-refractivity contribution in [2.45, 2.75) is 31.5 Å². The van der Waals surface area contributed by atoms with Gasteiger partial charge in [-0.3, -0.25) is 4.79 Å². The van der Waals surface area contributed by atoms with Crippen LogP contribution in [0.25, 0.3) is 11.4 Å². The molecular formula is C23H27ClN4O4S. The number of anilines is 1. The van der Waals surface area contributed by atoms with E-state index in [0.717, 1.165) is 36.5 Å². The van der Waals surface area contributed by atoms with E-state index in [1.54, 1.807) is 19.2 Å². The lowest BCUT2D eigenvalue weighted by Crippen LogP contribution is -2.15. The minimum atomic E-state index is -0.210. The average Bonchev–Trinajstić information content (AvgIpc) is 3.24. The third-order valence-electron chi connectivity index (χ3n) is 4.88. The van der Waals surface area contributed by atoms with Crippen molar-refractivity contribution >= 4 is 35.0 Å². The number of carbonyl (C=O) groups is 1. The topological polar surface area (TPSA) is 87.5 Å². The standard InChI is InChI=1S/C23H27ClN4O4S/c1-5-6-11-28-22(15-7-9-16(30-2)10-8-15)26-27-23(28)33-14-21(29)25-18-13-19(31-3)17(24)12-20(18)32-4/h7-10,12-13H,5-6,11,14H2,1-4H3,(H,25,29). The average molecular weight is 491 g/mol. The first-order chi connectivity index (χ1) is 16.0. The molecule has 0 aliphatic carbocycles. The van der Waals surface area contributed by atoms with E-state index in [1.165, 1.54) is 26.0 Å². The lowest BCUT2D eigenvalue weighted by atomic mass is 10.2. The van der Waals surface area contributed by atoms with Crippen LogP contribution in [0.1, 0.15) is 19.8 Å². The van der Waals surface area contributed by atoms with Gasteiger partial charge in [0.25, 0.3) is 0 Å². The lowest BCUT2D eigenvalue weighted by molar-refractivity contribution is -0.113. The molecule has 1 aromatic heterocycles. The first-order valence-corrected chi connectivity index (χ1v) is 11.8. The van der Waals surface area contributed by atoms with Crippen molar-refractivity contribution in [1.29, 1.82) is 0 Å². The van der Waals surface area contributed by atoms with Gasteiger partial charge >= 0.3 is 0 Å². The number of aromatic nitrogens is 3. The summed E-state index contributed by atoms with van der Waals surface area (Å²) in [6.45, 7) is 2.89. The van der Waals surface area contributed by atoms with E-state index in [2.05, 4.69) is 27.0 Å². The van der Waals surface area contributed by atoms with Crippen molar-refractivity contribution in [2.24, 2.45) is 0 Å². The van der Waals surface area contributed by atoms with E-state index < -0.39 is 0 Å². The van der Waals surface area contributed by atoms with Gasteiger partial charge in [0.1, 0.15) is 17.2 Å². The molecule has 1 N–H and O–H groups in total. The van der Waals surface area contributed by atoms with Gasteiger partial charge in [-0.25, -0.2) is 0 Å². The number of thioether (sulfide) groups is 1. The SMILES string of the molecule is CCCCn1c(SCC(=O)Nc2cc(OC)c(Cl)cc2OC)nnc1-c1ccc(OC)cc1. The smallest absolute Gasteiger partial charge is 0.234 e. The van der Waals surface area contributed by atoms with Gasteiger partial charge in [-0.1, -0.05) is 36.7 Å². The Kier molecular flexibility index (Phi) is 8.85. The number of halogens is 1. The molecule has 10 heteroatoms. The molecule has 3 aromatic rings. The number of carbonyl (C=O) groups excluding carboxylic acids is 1. The number of unbranched alkanes of at least 4 members (excludes halogenated alkanes) is 1. The Morgan fingerprint density at radius 1 is 1.06 bits per heavy atom. The van der Waals surface area contributed by atoms with Crippen LogP contribution < -0.4 is 19.5 Å². The maximum Gasteiger partial charge on any atom is 0.234 e. The molecule has 2 aromatic carbocycles. The number of methoxy groups -OCH3 is 3. The first-order valence-electron chi connectivity index (χ1n) is 10.4. The largest absolute Gasteiger partial charge is 0.497 e. The van der Waals surface area contributed by atoms with Crippen LogP contribution in [0.5, 0.6) is 17.2 Å². The summed E-state index contributed by atoms with van der Waals surface area (Å²) < 4.78 is 17.9. The lowest BCUT2D eigenvalue weighted by Gasteiger charge is -2.13. The zero-order valence-corrected chi connectivity index (χ0v) is 20.6. The van der Waals surface area contributed by atoms with Crippen LogP contribution in [0, 0.1) is 0 Å². The van der Waals surface area contributed by atoms with Crippen molar-refractivity contribution in [3.63, 3.8) is 0 Å². The zero-order valence-electron chi connectivity index (χ0n) is 19.1. The van der Waals surface area contributed by atoms with Gasteiger partial charge in [0.2, 0.25) is 5.91 Å². The molecule has 0 atom stereocenters. The van der Waals surface area contributed by atoms with Crippen LogP contribution in [0.15, 0.2) is 41.6 Å². The van der Waals surface area contributed by atoms with E-state index in [-0.39, 0.29) is 11.7 Å². The zero-order chi connectivity index (χ0) is 23.8. The fourth-order valence-electron chi connectivity index (χ4n) is 3.14. The van der Waals surface area contributed by atoms with E-state index in [9.17, 15) is 4.79 Å². The van der Waals surface area contributed by atoms with Gasteiger partial charge in [0.05, 0.1) is 37.8 Å². The van der Waals surface area contributed by atoms with E-state index in [1.807, 2.05) is 24.3 Å². The molecule has 0 bridgehead atoms. The molecule has 0 aliphatic heterocycles. The highest BCUT2D eigenvalue weighted by Crippen LogP contribution is 2.36. The highest BCUT2D eigenvalue weighted by atomic mass is 35.5. The van der Waals surface area contributed by atoms with Crippen molar-refractivity contribution < 1.29 is 19.0 Å². The van der Waals surface area contributed by atoms with Crippen molar-refractivity contribution in [3.05, 3.63) is 41.4 Å². The first kappa shape index (κ1) is 24.7. The molecule has 1 amide bonds. The Hall–Kier alpha value is -2.91. The van der Waals surface area contributed by atoms with Gasteiger partial charge in [-0.15, -0.1) is 10.2 Å². The predicted molar refractivity (Wildman–Crippen MR) is 131 cm³/mol. The van der Waals surface area contributed by atoms with Crippen molar-refractivity contribution in [1.82, 2.24) is 14.8 Å². The highest BCUT2D eigenvalue weighted by molar-refractivity contribution is 7.99. The fraction of sp³-hybridized carbons (Fsp3) is 0.348. The van der Waals surface area contributed by atoms with E-state index in [4.69, 9.17) is 25.8 Å². The second-order valence-electron chi connectivity index (χ2n) is 7.06. The summed E-state index contributed by atoms with van der Waals surface area (Å²) in [4.78, 5) is 12.7. The number of nitrogens with one attached hydrogen (secondary N) is 1. The third-order valence-corrected chi connectivity index (χ3v) is 6.14. The number of hydrogen-bond acceptors (Lipinski definition) is 7. The molecule has 0 saturated heterocycles. The fourth-order valence-corrected chi connectivity index (χ4v) is 4.14. The number of rotatable bonds is 11. The number of hydrogen-bond donors (Lipinski definition) is 1. The summed E-state index contributed by atoms with van der Waals surface area (Å²) in [5.41, 5.74) is 1.42. The van der Waals surface area contributed by atoms with Crippen molar-refractivity contribution in [3.8, 4) is 28.6 Å². The number of ether oxygens (including phenoxy) is 3. The number of benzene rings is 2. The minimum absolute atomic E-state index is 0.154. The Bertz CT molecular complexity index is 1090. The Morgan fingerprint density at radius 2 is 1.79 bits per heavy atom. The van der Waals surface area contributed by atoms with Crippen LogP contribution in [0.4, 0.5) is 5.69 Å². The molecule has 3 rings (SSSR count). The third kappa shape index (κ3) is 6.11. The van der Waals surface area contributed by atoms with Gasteiger partial charge in [0, 0.05) is 24.2 Å². The van der Waals surface area contributed by atoms with Gasteiger partial charge in [-0.2, -0.15) is 0 Å². The Labute approximate surface area is 202 Å². The molecule has 176 valence electrons. The molecule has 1 heterocycles. The van der Waals surface area contributed by atoms with Gasteiger partial charge in [0.15, 0.2) is 11.0 Å². The Morgan fingerprint density at radius 3 is 2.42 bits per heavy atom. The summed E-state index contributed by atoms with van der Waals surface area (Å²) in [5, 5.41) is 12.7. The minimum Gasteiger partial charge on any atom is -0.497 e. The van der Waals surface area contributed by atoms with Crippen LogP contribution >= 0.6 is 23.4 Å². The van der Waals surface area contributed by atoms with Crippen molar-refractivity contribution in [2.75, 3.05) is 32.4 Å². The second kappa shape index (κ2) is 11.8. The molecule has 0 saturated carbocycles. The molecule has 33 heavy (non-hydrogen) atoms. The van der Waals surface area contributed by atoms with Crippen LogP contribution in [0.2, 0.25) is 5.02 Å². The molecule has 8 nitrogen and oxygen atoms in total. The quantitative estimate of drug-likeness (QED) is 0.371. The summed E-state index contributed by atoms with van der Waals surface area (Å²) in [6.07, 6.45) is 2.01. The summed E-state index contributed by atoms with van der Waals surface area (Å²) in [6, 6.07) is 10.9. The van der Waals surface area contributed by atoms with E-state index in [0.29, 0.717) is 27.4 Å². The van der Waals surface area contributed by atoms with Crippen LogP contribution in [-0.2, 0) is 11.3 Å². The molecule has 0 unspecified atom stereocenters. The van der Waals surface area contributed by atoms with Crippen LogP contribution in [-0.4, -0.2) is 47.8 Å². The van der Waals surface area contributed by atoms with E-state index >= 15 is 0 Å². The van der Waals surface area contributed by atoms with Crippen LogP contribution in [0.3, 0.4) is 0 Å². The molecule has 0 spiro atoms. The second-order valence-corrected chi connectivity index (χ2v) is 8.41. The monoisotopic (exact) mass is 490 g/mol. The normalized spacial score (nSPS) is 10.7. The summed E-state index contributed by atoms with van der Waals surface area (Å²) in [5.74, 6) is 2.38. The number of amides is 1. The van der Waals surface area contributed by atoms with Gasteiger partial charge < -0.3 is 24.1 Å². The molecular weight excluding hydrogens is 464 g/mol. The molecule has 0 aliphatic rings.